The Morgan fingerprint density at radius 1 is 1.14 bits per heavy atom. The minimum atomic E-state index is 0.506. The number of para-hydroxylation sites is 1. The monoisotopic (exact) mass is 205 g/mol. The van der Waals surface area contributed by atoms with E-state index < -0.39 is 0 Å². The molecule has 2 nitrogen and oxygen atoms in total. The van der Waals surface area contributed by atoms with Crippen molar-refractivity contribution in [3.8, 4) is 5.69 Å². The number of benzene rings is 1. The fraction of sp³-hybridized carbons (Fsp3) is 0.182. The summed E-state index contributed by atoms with van der Waals surface area (Å²) in [4.78, 5) is 0.506. The molecule has 72 valence electrons. The molecule has 14 heavy (non-hydrogen) atoms. The molecule has 2 aromatic rings. The van der Waals surface area contributed by atoms with Crippen LogP contribution in [0, 0.1) is 18.7 Å². The van der Waals surface area contributed by atoms with Crippen LogP contribution in [0.2, 0.25) is 0 Å². The molecule has 0 N–H and O–H groups in total. The lowest BCUT2D eigenvalue weighted by Crippen LogP contribution is -1.95. The van der Waals surface area contributed by atoms with E-state index in [1.54, 1.807) is 0 Å². The van der Waals surface area contributed by atoms with Crippen molar-refractivity contribution in [1.29, 1.82) is 0 Å². The van der Waals surface area contributed by atoms with E-state index in [1.807, 2.05) is 48.7 Å². The fourth-order valence-corrected chi connectivity index (χ4v) is 1.79. The van der Waals surface area contributed by atoms with E-state index in [1.165, 1.54) is 0 Å². The summed E-state index contributed by atoms with van der Waals surface area (Å²) in [5.41, 5.74) is 2.10. The van der Waals surface area contributed by atoms with Gasteiger partial charge in [-0.25, -0.2) is 0 Å². The van der Waals surface area contributed by atoms with Crippen molar-refractivity contribution in [2.75, 3.05) is 0 Å². The van der Waals surface area contributed by atoms with Gasteiger partial charge in [-0.05, 0) is 38.2 Å². The van der Waals surface area contributed by atoms with Crippen molar-refractivity contribution in [3.63, 3.8) is 0 Å². The number of aryl methyl sites for hydroxylation is 1. The third-order valence-corrected chi connectivity index (χ3v) is 2.55. The van der Waals surface area contributed by atoms with Crippen LogP contribution >= 0.6 is 12.2 Å². The maximum absolute atomic E-state index is 5.38. The van der Waals surface area contributed by atoms with Gasteiger partial charge in [0.2, 0.25) is 0 Å². The Morgan fingerprint density at radius 2 is 1.79 bits per heavy atom. The molecule has 0 amide bonds. The van der Waals surface area contributed by atoms with Crippen LogP contribution < -0.4 is 0 Å². The van der Waals surface area contributed by atoms with Gasteiger partial charge in [-0.15, -0.1) is 0 Å². The largest absolute Gasteiger partial charge is 0.434 e. The van der Waals surface area contributed by atoms with Crippen molar-refractivity contribution < 1.29 is 4.42 Å². The Hall–Kier alpha value is -1.35. The fourth-order valence-electron chi connectivity index (χ4n) is 1.42. The summed E-state index contributed by atoms with van der Waals surface area (Å²) in [5, 5.41) is 0. The van der Waals surface area contributed by atoms with Gasteiger partial charge in [0, 0.05) is 5.69 Å². The topological polar surface area (TPSA) is 18.1 Å². The van der Waals surface area contributed by atoms with Crippen LogP contribution in [0.4, 0.5) is 0 Å². The van der Waals surface area contributed by atoms with E-state index in [2.05, 4.69) is 0 Å². The molecule has 1 aromatic carbocycles. The van der Waals surface area contributed by atoms with Crippen LogP contribution in [0.3, 0.4) is 0 Å². The highest BCUT2D eigenvalue weighted by atomic mass is 32.1. The second-order valence-electron chi connectivity index (χ2n) is 3.18. The molecule has 1 heterocycles. The maximum atomic E-state index is 5.38. The molecule has 0 fully saturated rings. The summed E-state index contributed by atoms with van der Waals surface area (Å²) >= 11 is 5.14. The summed E-state index contributed by atoms with van der Waals surface area (Å²) in [7, 11) is 0. The van der Waals surface area contributed by atoms with Crippen LogP contribution in [0.25, 0.3) is 5.69 Å². The minimum Gasteiger partial charge on any atom is -0.434 e. The molecular weight excluding hydrogens is 194 g/mol. The number of nitrogens with zero attached hydrogens (tertiary/aromatic N) is 1. The van der Waals surface area contributed by atoms with E-state index in [9.17, 15) is 0 Å². The highest BCUT2D eigenvalue weighted by molar-refractivity contribution is 7.71. The van der Waals surface area contributed by atoms with E-state index in [0.717, 1.165) is 17.1 Å². The van der Waals surface area contributed by atoms with Crippen LogP contribution in [0.15, 0.2) is 34.7 Å². The molecule has 0 radical (unpaired) electrons. The van der Waals surface area contributed by atoms with Gasteiger partial charge in [0.15, 0.2) is 0 Å². The van der Waals surface area contributed by atoms with Gasteiger partial charge >= 0.3 is 0 Å². The molecule has 0 unspecified atom stereocenters. The summed E-state index contributed by atoms with van der Waals surface area (Å²) < 4.78 is 7.31. The summed E-state index contributed by atoms with van der Waals surface area (Å²) in [5.74, 6) is 0.874. The molecule has 0 aliphatic rings. The minimum absolute atomic E-state index is 0.506. The zero-order valence-corrected chi connectivity index (χ0v) is 8.97. The Kier molecular flexibility index (Phi) is 2.25. The predicted octanol–water partition coefficient (Wildman–Crippen LogP) is 3.42. The normalized spacial score (nSPS) is 10.4. The van der Waals surface area contributed by atoms with Gasteiger partial charge in [0.1, 0.15) is 5.76 Å². The van der Waals surface area contributed by atoms with Crippen molar-refractivity contribution in [2.24, 2.45) is 0 Å². The van der Waals surface area contributed by atoms with Crippen molar-refractivity contribution in [2.45, 2.75) is 13.8 Å². The third kappa shape index (κ3) is 1.40. The average Bonchev–Trinajstić information content (AvgIpc) is 2.43. The standard InChI is InChI=1S/C11H11NOS/c1-8-9(2)13-11(14)12(8)10-6-4-3-5-7-10/h3-7H,1-2H3. The number of aromatic nitrogens is 1. The highest BCUT2D eigenvalue weighted by Crippen LogP contribution is 2.16. The lowest BCUT2D eigenvalue weighted by Gasteiger charge is -2.02. The molecule has 0 spiro atoms. The highest BCUT2D eigenvalue weighted by Gasteiger charge is 2.07. The molecule has 0 saturated carbocycles. The molecule has 0 saturated heterocycles. The van der Waals surface area contributed by atoms with Crippen LogP contribution in [0.1, 0.15) is 11.5 Å². The Morgan fingerprint density at radius 3 is 2.29 bits per heavy atom. The Balaban J connectivity index is 2.69. The molecule has 2 rings (SSSR count). The lowest BCUT2D eigenvalue weighted by atomic mass is 10.3. The summed E-state index contributed by atoms with van der Waals surface area (Å²) in [6.45, 7) is 3.92. The zero-order chi connectivity index (χ0) is 10.1. The first-order chi connectivity index (χ1) is 6.70. The average molecular weight is 205 g/mol. The van der Waals surface area contributed by atoms with Crippen LogP contribution in [-0.2, 0) is 0 Å². The Bertz CT molecular complexity index is 496. The first kappa shape index (κ1) is 9.21. The summed E-state index contributed by atoms with van der Waals surface area (Å²) in [6.07, 6.45) is 0. The first-order valence-corrected chi connectivity index (χ1v) is 4.85. The van der Waals surface area contributed by atoms with Crippen LogP contribution in [-0.4, -0.2) is 4.57 Å². The summed E-state index contributed by atoms with van der Waals surface area (Å²) in [6, 6.07) is 9.97. The van der Waals surface area contributed by atoms with Gasteiger partial charge in [0.05, 0.1) is 5.69 Å². The Labute approximate surface area is 87.8 Å². The van der Waals surface area contributed by atoms with Gasteiger partial charge in [0.25, 0.3) is 4.84 Å². The van der Waals surface area contributed by atoms with Crippen molar-refractivity contribution in [1.82, 2.24) is 4.57 Å². The number of rotatable bonds is 1. The molecule has 3 heteroatoms. The van der Waals surface area contributed by atoms with Gasteiger partial charge in [-0.1, -0.05) is 18.2 Å². The van der Waals surface area contributed by atoms with Gasteiger partial charge < -0.3 is 4.42 Å². The third-order valence-electron chi connectivity index (χ3n) is 2.28. The number of oxazole rings is 1. The second-order valence-corrected chi connectivity index (χ2v) is 3.53. The molecule has 1 aromatic heterocycles. The second kappa shape index (κ2) is 3.42. The van der Waals surface area contributed by atoms with E-state index >= 15 is 0 Å². The molecular formula is C11H11NOS. The molecule has 0 aliphatic heterocycles. The van der Waals surface area contributed by atoms with E-state index in [0.29, 0.717) is 4.84 Å². The van der Waals surface area contributed by atoms with Crippen LogP contribution in [0.5, 0.6) is 0 Å². The molecule has 0 atom stereocenters. The quantitative estimate of drug-likeness (QED) is 0.664. The first-order valence-electron chi connectivity index (χ1n) is 4.44. The van der Waals surface area contributed by atoms with E-state index in [-0.39, 0.29) is 0 Å². The number of hydrogen-bond donors (Lipinski definition) is 0. The van der Waals surface area contributed by atoms with Crippen molar-refractivity contribution in [3.05, 3.63) is 46.6 Å². The van der Waals surface area contributed by atoms with E-state index in [4.69, 9.17) is 16.6 Å². The SMILES string of the molecule is Cc1oc(=S)n(-c2ccccc2)c1C. The maximum Gasteiger partial charge on any atom is 0.273 e. The molecule has 0 aliphatic carbocycles. The smallest absolute Gasteiger partial charge is 0.273 e. The van der Waals surface area contributed by atoms with Gasteiger partial charge in [-0.3, -0.25) is 4.57 Å². The predicted molar refractivity (Wildman–Crippen MR) is 58.3 cm³/mol. The zero-order valence-electron chi connectivity index (χ0n) is 8.15. The lowest BCUT2D eigenvalue weighted by molar-refractivity contribution is 0.503. The van der Waals surface area contributed by atoms with Gasteiger partial charge in [-0.2, -0.15) is 0 Å². The number of hydrogen-bond acceptors (Lipinski definition) is 2. The van der Waals surface area contributed by atoms with Crippen molar-refractivity contribution >= 4 is 12.2 Å². The molecule has 0 bridgehead atoms.